The number of hydrogen-bond donors (Lipinski definition) is 2. The highest BCUT2D eigenvalue weighted by Gasteiger charge is 2.51. The van der Waals surface area contributed by atoms with Crippen molar-refractivity contribution >= 4 is 27.5 Å². The number of aromatic nitrogens is 2. The van der Waals surface area contributed by atoms with Gasteiger partial charge in [0.2, 0.25) is 5.95 Å². The van der Waals surface area contributed by atoms with E-state index in [2.05, 4.69) is 21.8 Å². The lowest BCUT2D eigenvalue weighted by Crippen LogP contribution is -2.40. The standard InChI is InChI=1S/C30H28F3N5O5S/c1-41-23-12-9-20(10-13-23)18-38(44(39,40)30(31,32)33)25-16-21(15-22-17-36-29(35)37-28(22)34)24(26(42-2)27(25)43-3)14-11-19-7-5-4-6-8-19/h4-10,12-13,16-17H,15,18H2,1-3H3,(H4,34,35,36,37). The zero-order valence-electron chi connectivity index (χ0n) is 23.8. The quantitative estimate of drug-likeness (QED) is 0.256. The highest BCUT2D eigenvalue weighted by Crippen LogP contribution is 2.46. The first kappa shape index (κ1) is 31.8. The summed E-state index contributed by atoms with van der Waals surface area (Å²) in [6.07, 6.45) is 1.30. The zero-order chi connectivity index (χ0) is 32.1. The molecule has 44 heavy (non-hydrogen) atoms. The van der Waals surface area contributed by atoms with Crippen molar-refractivity contribution < 1.29 is 35.8 Å². The maximum atomic E-state index is 14.1. The molecule has 4 N–H and O–H groups in total. The fourth-order valence-electron chi connectivity index (χ4n) is 4.29. The van der Waals surface area contributed by atoms with Crippen molar-refractivity contribution in [1.82, 2.24) is 9.97 Å². The van der Waals surface area contributed by atoms with Gasteiger partial charge in [0, 0.05) is 23.7 Å². The summed E-state index contributed by atoms with van der Waals surface area (Å²) < 4.78 is 85.1. The van der Waals surface area contributed by atoms with Crippen LogP contribution >= 0.6 is 0 Å². The van der Waals surface area contributed by atoms with E-state index in [1.165, 1.54) is 57.9 Å². The number of rotatable bonds is 9. The molecule has 0 saturated heterocycles. The molecule has 0 spiro atoms. The second-order valence-corrected chi connectivity index (χ2v) is 11.1. The van der Waals surface area contributed by atoms with E-state index in [-0.39, 0.29) is 50.7 Å². The minimum absolute atomic E-state index is 0.0220. The summed E-state index contributed by atoms with van der Waals surface area (Å²) in [6, 6.07) is 16.1. The molecule has 0 saturated carbocycles. The van der Waals surface area contributed by atoms with Gasteiger partial charge in [0.1, 0.15) is 11.6 Å². The van der Waals surface area contributed by atoms with Gasteiger partial charge in [-0.15, -0.1) is 0 Å². The van der Waals surface area contributed by atoms with Crippen molar-refractivity contribution in [1.29, 1.82) is 0 Å². The highest BCUT2D eigenvalue weighted by atomic mass is 32.2. The Balaban J connectivity index is 2.02. The first-order valence-corrected chi connectivity index (χ1v) is 14.3. The van der Waals surface area contributed by atoms with Crippen LogP contribution in [0.1, 0.15) is 27.8 Å². The van der Waals surface area contributed by atoms with Crippen LogP contribution in [0, 0.1) is 11.8 Å². The molecule has 0 aliphatic rings. The lowest BCUT2D eigenvalue weighted by Gasteiger charge is -2.29. The Morgan fingerprint density at radius 2 is 1.55 bits per heavy atom. The van der Waals surface area contributed by atoms with Gasteiger partial charge in [-0.05, 0) is 41.5 Å². The Morgan fingerprint density at radius 1 is 0.886 bits per heavy atom. The van der Waals surface area contributed by atoms with Gasteiger partial charge in [-0.2, -0.15) is 26.6 Å². The summed E-state index contributed by atoms with van der Waals surface area (Å²) in [4.78, 5) is 7.92. The molecule has 0 aliphatic carbocycles. The molecule has 0 unspecified atom stereocenters. The van der Waals surface area contributed by atoms with Gasteiger partial charge >= 0.3 is 15.5 Å². The average molecular weight is 628 g/mol. The number of halogens is 3. The van der Waals surface area contributed by atoms with Crippen LogP contribution in [0.2, 0.25) is 0 Å². The van der Waals surface area contributed by atoms with Gasteiger partial charge in [-0.1, -0.05) is 42.2 Å². The summed E-state index contributed by atoms with van der Waals surface area (Å²) >= 11 is 0. The number of nitrogens with two attached hydrogens (primary N) is 2. The van der Waals surface area contributed by atoms with Crippen LogP contribution in [0.4, 0.5) is 30.6 Å². The first-order chi connectivity index (χ1) is 20.9. The number of methoxy groups -OCH3 is 3. The minimum atomic E-state index is -5.97. The fourth-order valence-corrected chi connectivity index (χ4v) is 5.25. The molecule has 4 aromatic rings. The van der Waals surface area contributed by atoms with Crippen LogP contribution in [-0.2, 0) is 23.0 Å². The van der Waals surface area contributed by atoms with E-state index in [0.29, 0.717) is 16.9 Å². The van der Waals surface area contributed by atoms with Crippen molar-refractivity contribution in [2.75, 3.05) is 37.1 Å². The maximum Gasteiger partial charge on any atom is 0.516 e. The predicted octanol–water partition coefficient (Wildman–Crippen LogP) is 4.51. The SMILES string of the molecule is COc1ccc(CN(c2cc(Cc3cnc(N)nc3N)c(C#Cc3ccccc3)c(OC)c2OC)S(=O)(=O)C(F)(F)F)cc1. The smallest absolute Gasteiger partial charge is 0.497 e. The second-order valence-electron chi connectivity index (χ2n) is 9.23. The molecule has 4 rings (SSSR count). The molecule has 3 aromatic carbocycles. The predicted molar refractivity (Wildman–Crippen MR) is 160 cm³/mol. The molecule has 0 atom stereocenters. The van der Waals surface area contributed by atoms with Crippen LogP contribution in [-0.4, -0.2) is 45.2 Å². The molecule has 0 aliphatic heterocycles. The minimum Gasteiger partial charge on any atom is -0.497 e. The summed E-state index contributed by atoms with van der Waals surface area (Å²) in [7, 11) is -2.09. The lowest BCUT2D eigenvalue weighted by molar-refractivity contribution is -0.0438. The Labute approximate surface area is 252 Å². The molecule has 0 amide bonds. The normalized spacial score (nSPS) is 11.3. The third-order valence-corrected chi connectivity index (χ3v) is 7.94. The number of hydrogen-bond acceptors (Lipinski definition) is 9. The van der Waals surface area contributed by atoms with Crippen LogP contribution in [0.15, 0.2) is 66.9 Å². The van der Waals surface area contributed by atoms with E-state index in [4.69, 9.17) is 25.7 Å². The topological polar surface area (TPSA) is 143 Å². The van der Waals surface area contributed by atoms with Crippen molar-refractivity contribution in [3.05, 3.63) is 94.7 Å². The Bertz CT molecular complexity index is 1810. The number of benzene rings is 3. The summed E-state index contributed by atoms with van der Waals surface area (Å²) in [6.45, 7) is -0.701. The summed E-state index contributed by atoms with van der Waals surface area (Å²) in [5.74, 6) is 6.02. The first-order valence-electron chi connectivity index (χ1n) is 12.8. The van der Waals surface area contributed by atoms with Crippen LogP contribution in [0.3, 0.4) is 0 Å². The number of anilines is 3. The monoisotopic (exact) mass is 627 g/mol. The van der Waals surface area contributed by atoms with Gasteiger partial charge in [0.05, 0.1) is 39.1 Å². The highest BCUT2D eigenvalue weighted by molar-refractivity contribution is 7.93. The molecule has 10 nitrogen and oxygen atoms in total. The number of nitrogens with zero attached hydrogens (tertiary/aromatic N) is 3. The largest absolute Gasteiger partial charge is 0.516 e. The van der Waals surface area contributed by atoms with E-state index in [1.54, 1.807) is 24.3 Å². The van der Waals surface area contributed by atoms with Crippen molar-refractivity contribution in [3.63, 3.8) is 0 Å². The number of sulfonamides is 1. The Morgan fingerprint density at radius 3 is 2.11 bits per heavy atom. The molecule has 0 bridgehead atoms. The van der Waals surface area contributed by atoms with Gasteiger partial charge in [0.15, 0.2) is 11.5 Å². The van der Waals surface area contributed by atoms with E-state index < -0.39 is 27.8 Å². The summed E-state index contributed by atoms with van der Waals surface area (Å²) in [5.41, 5.74) is 7.35. The van der Waals surface area contributed by atoms with Crippen molar-refractivity contribution in [2.24, 2.45) is 0 Å². The number of alkyl halides is 3. The molecular weight excluding hydrogens is 599 g/mol. The Hall–Kier alpha value is -5.16. The van der Waals surface area contributed by atoms with E-state index in [1.807, 2.05) is 6.07 Å². The molecule has 1 aromatic heterocycles. The van der Waals surface area contributed by atoms with Crippen molar-refractivity contribution in [2.45, 2.75) is 18.5 Å². The van der Waals surface area contributed by atoms with Gasteiger partial charge in [0.25, 0.3) is 0 Å². The second kappa shape index (κ2) is 13.0. The molecule has 0 fully saturated rings. The molecule has 0 radical (unpaired) electrons. The molecule has 14 heteroatoms. The van der Waals surface area contributed by atoms with Gasteiger partial charge < -0.3 is 25.7 Å². The van der Waals surface area contributed by atoms with Crippen LogP contribution in [0.25, 0.3) is 0 Å². The third-order valence-electron chi connectivity index (χ3n) is 6.45. The van der Waals surface area contributed by atoms with E-state index in [0.717, 1.165) is 0 Å². The average Bonchev–Trinajstić information content (AvgIpc) is 3.00. The van der Waals surface area contributed by atoms with E-state index in [9.17, 15) is 21.6 Å². The molecule has 230 valence electrons. The molecular formula is C30H28F3N5O5S. The van der Waals surface area contributed by atoms with E-state index >= 15 is 0 Å². The number of ether oxygens (including phenoxy) is 3. The lowest BCUT2D eigenvalue weighted by atomic mass is 9.97. The van der Waals surface area contributed by atoms with Crippen LogP contribution in [0.5, 0.6) is 17.2 Å². The van der Waals surface area contributed by atoms with Gasteiger partial charge in [-0.3, -0.25) is 4.31 Å². The molecule has 1 heterocycles. The zero-order valence-corrected chi connectivity index (χ0v) is 24.7. The maximum absolute atomic E-state index is 14.1. The third kappa shape index (κ3) is 6.73. The van der Waals surface area contributed by atoms with Gasteiger partial charge in [-0.25, -0.2) is 4.98 Å². The summed E-state index contributed by atoms with van der Waals surface area (Å²) in [5, 5.41) is 0. The van der Waals surface area contributed by atoms with Crippen LogP contribution < -0.4 is 30.0 Å². The van der Waals surface area contributed by atoms with Crippen molar-refractivity contribution in [3.8, 4) is 29.1 Å². The fraction of sp³-hybridized carbons (Fsp3) is 0.200. The number of nitrogen functional groups attached to an aromatic ring is 2. The Kier molecular flexibility index (Phi) is 9.39.